The van der Waals surface area contributed by atoms with E-state index in [-0.39, 0.29) is 5.56 Å². The highest BCUT2D eigenvalue weighted by molar-refractivity contribution is 7.71. The zero-order valence-corrected chi connectivity index (χ0v) is 20.1. The Labute approximate surface area is 191 Å². The average Bonchev–Trinajstić information content (AvgIpc) is 2.78. The number of hydrogen-bond donors (Lipinski definition) is 2. The van der Waals surface area contributed by atoms with E-state index >= 15 is 4.39 Å². The average molecular weight is 480 g/mol. The summed E-state index contributed by atoms with van der Waals surface area (Å²) in [5.74, 6) is -4.03. The van der Waals surface area contributed by atoms with Gasteiger partial charge in [-0.3, -0.25) is 4.98 Å². The largest absolute Gasteiger partial charge is 0.387 e. The van der Waals surface area contributed by atoms with E-state index in [1.165, 1.54) is 18.3 Å². The lowest BCUT2D eigenvalue weighted by Crippen LogP contribution is -2.29. The zero-order chi connectivity index (χ0) is 24.6. The molecule has 0 saturated heterocycles. The minimum atomic E-state index is -3.74. The first-order valence-electron chi connectivity index (χ1n) is 10.8. The number of hydrogen-bond acceptors (Lipinski definition) is 6. The van der Waals surface area contributed by atoms with Gasteiger partial charge in [-0.1, -0.05) is 26.0 Å². The lowest BCUT2D eigenvalue weighted by molar-refractivity contribution is -0.108. The highest BCUT2D eigenvalue weighted by Gasteiger charge is 2.40. The fourth-order valence-corrected chi connectivity index (χ4v) is 5.40. The van der Waals surface area contributed by atoms with Crippen LogP contribution in [0, 0.1) is 12.7 Å². The molecule has 0 fully saturated rings. The molecule has 1 aromatic carbocycles. The number of aliphatic hydroxyl groups excluding tert-OH is 1. The van der Waals surface area contributed by atoms with Gasteiger partial charge < -0.3 is 15.0 Å². The van der Waals surface area contributed by atoms with Crippen LogP contribution in [-0.2, 0) is 10.5 Å². The maximum atomic E-state index is 15.1. The third-order valence-electron chi connectivity index (χ3n) is 5.85. The number of halogens is 3. The molecule has 0 aliphatic rings. The molecule has 3 aromatic rings. The van der Waals surface area contributed by atoms with Crippen LogP contribution >= 0.6 is 7.14 Å². The molecular weight excluding hydrogens is 452 g/mol. The molecular formula is C23H28F3N4O2P. The lowest BCUT2D eigenvalue weighted by atomic mass is 9.97. The molecule has 3 rings (SSSR count). The molecule has 178 valence electrons. The first-order chi connectivity index (χ1) is 15.4. The Hall–Kier alpha value is -2.51. The monoisotopic (exact) mass is 480 g/mol. The van der Waals surface area contributed by atoms with E-state index in [0.717, 1.165) is 13.0 Å². The van der Waals surface area contributed by atoms with Crippen molar-refractivity contribution in [1.82, 2.24) is 15.0 Å². The summed E-state index contributed by atoms with van der Waals surface area (Å²) in [6.45, 7) is 7.93. The summed E-state index contributed by atoms with van der Waals surface area (Å²) in [6, 6.07) is 4.64. The number of rotatable bonds is 8. The summed E-state index contributed by atoms with van der Waals surface area (Å²) in [5, 5.41) is 13.1. The van der Waals surface area contributed by atoms with Crippen LogP contribution in [0.5, 0.6) is 0 Å². The van der Waals surface area contributed by atoms with Crippen molar-refractivity contribution in [2.45, 2.75) is 52.7 Å². The van der Waals surface area contributed by atoms with Gasteiger partial charge in [-0.05, 0) is 32.9 Å². The van der Waals surface area contributed by atoms with Crippen LogP contribution < -0.4 is 10.8 Å². The molecule has 2 heterocycles. The maximum absolute atomic E-state index is 15.1. The summed E-state index contributed by atoms with van der Waals surface area (Å²) in [5.41, 5.74) is 0.118. The van der Waals surface area contributed by atoms with Gasteiger partial charge >= 0.3 is 5.92 Å². The smallest absolute Gasteiger partial charge is 0.301 e. The number of aryl methyl sites for hydroxylation is 1. The fraction of sp³-hybridized carbons (Fsp3) is 0.435. The molecule has 33 heavy (non-hydrogen) atoms. The maximum Gasteiger partial charge on any atom is 0.301 e. The molecule has 10 heteroatoms. The van der Waals surface area contributed by atoms with Crippen LogP contribution in [0.25, 0.3) is 10.9 Å². The van der Waals surface area contributed by atoms with Gasteiger partial charge in [0.1, 0.15) is 36.1 Å². The standard InChI is InChI=1S/C23H28F3N4O2P/c1-6-33(32,7-2)20-11-17-19(12-27-20)29-15(5)30-22(17)28-13(3)16-9-8-10-18(21(16)24)23(25,26)14(4)31/h8-14,31H,6-7H2,1-5H3,(H,28,29,30). The van der Waals surface area contributed by atoms with E-state index in [0.29, 0.717) is 40.3 Å². The van der Waals surface area contributed by atoms with Crippen molar-refractivity contribution in [2.75, 3.05) is 17.6 Å². The Morgan fingerprint density at radius 3 is 2.45 bits per heavy atom. The van der Waals surface area contributed by atoms with Crippen molar-refractivity contribution in [3.8, 4) is 0 Å². The molecule has 0 radical (unpaired) electrons. The van der Waals surface area contributed by atoms with Crippen molar-refractivity contribution in [1.29, 1.82) is 0 Å². The minimum Gasteiger partial charge on any atom is -0.387 e. The number of aliphatic hydroxyl groups is 1. The first-order valence-corrected chi connectivity index (χ1v) is 12.9. The Morgan fingerprint density at radius 2 is 1.85 bits per heavy atom. The molecule has 0 spiro atoms. The summed E-state index contributed by atoms with van der Waals surface area (Å²) < 4.78 is 56.9. The lowest BCUT2D eigenvalue weighted by Gasteiger charge is -2.23. The van der Waals surface area contributed by atoms with Gasteiger partial charge in [0, 0.05) is 23.3 Å². The number of aromatic nitrogens is 3. The summed E-state index contributed by atoms with van der Waals surface area (Å²) >= 11 is 0. The zero-order valence-electron chi connectivity index (χ0n) is 19.2. The van der Waals surface area contributed by atoms with Crippen LogP contribution in [0.15, 0.2) is 30.5 Å². The van der Waals surface area contributed by atoms with Gasteiger partial charge in [-0.15, -0.1) is 0 Å². The van der Waals surface area contributed by atoms with E-state index in [4.69, 9.17) is 0 Å². The molecule has 0 amide bonds. The van der Waals surface area contributed by atoms with Gasteiger partial charge in [0.25, 0.3) is 0 Å². The topological polar surface area (TPSA) is 88.0 Å². The highest BCUT2D eigenvalue weighted by atomic mass is 31.2. The Kier molecular flexibility index (Phi) is 7.15. The fourth-order valence-electron chi connectivity index (χ4n) is 3.67. The Morgan fingerprint density at radius 1 is 1.18 bits per heavy atom. The summed E-state index contributed by atoms with van der Waals surface area (Å²) in [4.78, 5) is 13.2. The van der Waals surface area contributed by atoms with E-state index in [1.807, 2.05) is 13.8 Å². The van der Waals surface area contributed by atoms with Gasteiger partial charge in [0.15, 0.2) is 0 Å². The molecule has 0 aliphatic heterocycles. The third-order valence-corrected chi connectivity index (χ3v) is 8.97. The molecule has 6 nitrogen and oxygen atoms in total. The van der Waals surface area contributed by atoms with Gasteiger partial charge in [0.2, 0.25) is 0 Å². The van der Waals surface area contributed by atoms with E-state index < -0.39 is 36.6 Å². The number of alkyl halides is 2. The number of nitrogens with one attached hydrogen (secondary N) is 1. The third kappa shape index (κ3) is 4.75. The van der Waals surface area contributed by atoms with Crippen molar-refractivity contribution in [2.24, 2.45) is 0 Å². The van der Waals surface area contributed by atoms with Gasteiger partial charge in [0.05, 0.1) is 23.3 Å². The summed E-state index contributed by atoms with van der Waals surface area (Å²) in [7, 11) is -2.67. The molecule has 2 aromatic heterocycles. The SMILES string of the molecule is CCP(=O)(CC)c1cc2c(NC(C)c3cccc(C(F)(F)C(C)O)c3F)nc(C)nc2cn1. The second kappa shape index (κ2) is 9.39. The van der Waals surface area contributed by atoms with Crippen molar-refractivity contribution < 1.29 is 22.8 Å². The van der Waals surface area contributed by atoms with E-state index in [1.54, 1.807) is 19.9 Å². The van der Waals surface area contributed by atoms with Gasteiger partial charge in [-0.25, -0.2) is 14.4 Å². The second-order valence-electron chi connectivity index (χ2n) is 8.07. The van der Waals surface area contributed by atoms with E-state index in [2.05, 4.69) is 20.3 Å². The normalized spacial score (nSPS) is 14.3. The summed E-state index contributed by atoms with van der Waals surface area (Å²) in [6.07, 6.45) is 0.419. The number of anilines is 1. The molecule has 0 aliphatic carbocycles. The Balaban J connectivity index is 2.07. The predicted octanol–water partition coefficient (Wildman–Crippen LogP) is 5.15. The first kappa shape index (κ1) is 25.1. The molecule has 0 bridgehead atoms. The number of fused-ring (bicyclic) bond motifs is 1. The van der Waals surface area contributed by atoms with Crippen LogP contribution in [-0.4, -0.2) is 38.5 Å². The molecule has 2 atom stereocenters. The van der Waals surface area contributed by atoms with Crippen molar-refractivity contribution in [3.63, 3.8) is 0 Å². The van der Waals surface area contributed by atoms with Crippen molar-refractivity contribution in [3.05, 3.63) is 53.2 Å². The predicted molar refractivity (Wildman–Crippen MR) is 124 cm³/mol. The molecule has 2 unspecified atom stereocenters. The quantitative estimate of drug-likeness (QED) is 0.434. The number of pyridine rings is 1. The van der Waals surface area contributed by atoms with Crippen LogP contribution in [0.3, 0.4) is 0 Å². The second-order valence-corrected chi connectivity index (χ2v) is 11.6. The number of benzene rings is 1. The minimum absolute atomic E-state index is 0.000641. The van der Waals surface area contributed by atoms with Crippen LogP contribution in [0.2, 0.25) is 0 Å². The molecule has 0 saturated carbocycles. The van der Waals surface area contributed by atoms with Crippen LogP contribution in [0.1, 0.15) is 50.7 Å². The molecule has 2 N–H and O–H groups in total. The van der Waals surface area contributed by atoms with Crippen molar-refractivity contribution >= 4 is 29.3 Å². The van der Waals surface area contributed by atoms with Gasteiger partial charge in [-0.2, -0.15) is 8.78 Å². The number of nitrogens with zero attached hydrogens (tertiary/aromatic N) is 3. The highest BCUT2D eigenvalue weighted by Crippen LogP contribution is 2.43. The Bertz CT molecular complexity index is 1210. The van der Waals surface area contributed by atoms with E-state index in [9.17, 15) is 18.5 Å². The van der Waals surface area contributed by atoms with Crippen LogP contribution in [0.4, 0.5) is 19.0 Å².